The number of carbonyl (C=O) groups excluding carboxylic acids is 8. The Morgan fingerprint density at radius 3 is 0.316 bits per heavy atom. The van der Waals surface area contributed by atoms with Crippen LogP contribution < -0.4 is 0 Å². The van der Waals surface area contributed by atoms with E-state index in [2.05, 4.69) is 0 Å². The fourth-order valence-corrected chi connectivity index (χ4v) is 0. The van der Waals surface area contributed by atoms with Gasteiger partial charge in [0, 0.05) is 17.1 Å². The van der Waals surface area contributed by atoms with Gasteiger partial charge in [0.05, 0.1) is 0 Å². The molecule has 19 heavy (non-hydrogen) atoms. The van der Waals surface area contributed by atoms with E-state index in [9.17, 15) is 0 Å². The number of carbonyl (C=O) groups is 8. The molecule has 0 aliphatic heterocycles. The summed E-state index contributed by atoms with van der Waals surface area (Å²) in [5.41, 5.74) is 5.75. The zero-order valence-electron chi connectivity index (χ0n) is 10.1. The summed E-state index contributed by atoms with van der Waals surface area (Å²) in [4.78, 5) is 71.2. The number of nitrogens with zero attached hydrogens (tertiary/aromatic N) is 1. The van der Waals surface area contributed by atoms with Crippen molar-refractivity contribution in [3.63, 3.8) is 0 Å². The molecule has 10 nitrogen and oxygen atoms in total. The van der Waals surface area contributed by atoms with E-state index in [0.29, 0.717) is 0 Å². The van der Waals surface area contributed by atoms with Gasteiger partial charge in [0.15, 0.2) is 0 Å². The molecular formula is C8H16FeNO9-. The zero-order chi connectivity index (χ0) is 18.0. The van der Waals surface area contributed by atoms with Crippen LogP contribution in [0.25, 0.3) is 5.59 Å². The van der Waals surface area contributed by atoms with E-state index in [1.165, 1.54) is 0 Å². The summed E-state index contributed by atoms with van der Waals surface area (Å²) in [7, 11) is 0. The summed E-state index contributed by atoms with van der Waals surface area (Å²) in [6, 6.07) is 0. The third-order valence-electron chi connectivity index (χ3n) is 0. The number of rotatable bonds is 0. The monoisotopic (exact) mass is 326 g/mol. The van der Waals surface area contributed by atoms with E-state index >= 15 is 0 Å². The van der Waals surface area contributed by atoms with E-state index < -0.39 is 0 Å². The second-order valence-electron chi connectivity index (χ2n) is 0. The van der Waals surface area contributed by atoms with Gasteiger partial charge in [0.1, 0.15) is 54.3 Å². The summed E-state index contributed by atoms with van der Waals surface area (Å²) in [6.45, 7) is 16.0. The van der Waals surface area contributed by atoms with Crippen molar-refractivity contribution in [2.45, 2.75) is 0 Å². The van der Waals surface area contributed by atoms with Gasteiger partial charge in [-0.2, -0.15) is 0 Å². The molecule has 0 spiro atoms. The van der Waals surface area contributed by atoms with Crippen LogP contribution in [0.2, 0.25) is 0 Å². The van der Waals surface area contributed by atoms with E-state index in [-0.39, 0.29) is 17.1 Å². The molecular weight excluding hydrogens is 310 g/mol. The van der Waals surface area contributed by atoms with Crippen molar-refractivity contribution < 1.29 is 55.4 Å². The molecule has 0 saturated heterocycles. The summed E-state index contributed by atoms with van der Waals surface area (Å²) >= 11 is 0. The Bertz CT molecular complexity index is 56.7. The van der Waals surface area contributed by atoms with Crippen LogP contribution in [-0.4, -0.2) is 54.3 Å². The van der Waals surface area contributed by atoms with Crippen LogP contribution in [0.1, 0.15) is 0 Å². The molecule has 0 aliphatic carbocycles. The topological polar surface area (TPSA) is 176 Å². The molecule has 0 N–H and O–H groups in total. The second kappa shape index (κ2) is 511. The van der Waals surface area contributed by atoms with Crippen LogP contribution in [0.4, 0.5) is 0 Å². The third kappa shape index (κ3) is 443. The first kappa shape index (κ1) is 94.1. The first-order chi connectivity index (χ1) is 9.00. The van der Waals surface area contributed by atoms with Gasteiger partial charge in [-0.15, -0.1) is 0 Å². The summed E-state index contributed by atoms with van der Waals surface area (Å²) < 4.78 is 0. The molecule has 0 aromatic rings. The first-order valence-electron chi connectivity index (χ1n) is 2.49. The molecule has 0 heterocycles. The molecule has 0 aromatic heterocycles. The van der Waals surface area contributed by atoms with Gasteiger partial charge in [0.2, 0.25) is 0 Å². The molecule has 0 radical (unpaired) electrons. The summed E-state index contributed by atoms with van der Waals surface area (Å²) in [6.07, 6.45) is 0. The van der Waals surface area contributed by atoms with Gasteiger partial charge >= 0.3 is 0 Å². The average Bonchev–Trinajstić information content (AvgIpc) is 2.63. The predicted molar refractivity (Wildman–Crippen MR) is 63.7 cm³/mol. The largest absolute Gasteiger partial charge is 0.577 e. The number of hydrogen-bond acceptors (Lipinski definition) is 9. The Morgan fingerprint density at radius 1 is 0.316 bits per heavy atom. The quantitative estimate of drug-likeness (QED) is 0.497. The molecule has 0 unspecified atom stereocenters. The van der Waals surface area contributed by atoms with Crippen LogP contribution in [-0.2, 0) is 55.4 Å². The van der Waals surface area contributed by atoms with E-state index in [1.807, 2.05) is 54.3 Å². The fourth-order valence-electron chi connectivity index (χ4n) is 0. The van der Waals surface area contributed by atoms with Crippen molar-refractivity contribution in [3.05, 3.63) is 10.5 Å². The van der Waals surface area contributed by atoms with Crippen LogP contribution in [0, 0.1) is 4.91 Å². The Labute approximate surface area is 121 Å². The molecule has 0 atom stereocenters. The van der Waals surface area contributed by atoms with E-state index in [0.717, 1.165) is 0 Å². The molecule has 0 amide bonds. The minimum absolute atomic E-state index is 0. The smallest absolute Gasteiger partial charge is 0.106 e. The van der Waals surface area contributed by atoms with Crippen molar-refractivity contribution in [2.24, 2.45) is 0 Å². The van der Waals surface area contributed by atoms with Gasteiger partial charge in [-0.05, 0) is 0 Å². The normalized spacial score (nSPS) is 1.89. The van der Waals surface area contributed by atoms with Gasteiger partial charge in [0.25, 0.3) is 0 Å². The molecule has 0 fully saturated rings. The minimum Gasteiger partial charge on any atom is -0.577 e. The van der Waals surface area contributed by atoms with E-state index in [4.69, 9.17) is 48.9 Å². The molecule has 116 valence electrons. The maximum atomic E-state index is 8.00. The molecule has 0 bridgehead atoms. The fraction of sp³-hybridized carbons (Fsp3) is 0. The van der Waals surface area contributed by atoms with Crippen LogP contribution in [0.3, 0.4) is 0 Å². The van der Waals surface area contributed by atoms with Crippen molar-refractivity contribution >= 4 is 54.3 Å². The molecule has 0 saturated carbocycles. The maximum Gasteiger partial charge on any atom is 0.106 e. The third-order valence-corrected chi connectivity index (χ3v) is 0. The van der Waals surface area contributed by atoms with Crippen molar-refractivity contribution in [2.75, 3.05) is 0 Å². The number of hydrogen-bond donors (Lipinski definition) is 0. The summed E-state index contributed by atoms with van der Waals surface area (Å²) in [5, 5.41) is 0. The minimum atomic E-state index is 0. The average molecular weight is 326 g/mol. The van der Waals surface area contributed by atoms with Crippen LogP contribution in [0.15, 0.2) is 0 Å². The van der Waals surface area contributed by atoms with Crippen LogP contribution >= 0.6 is 0 Å². The van der Waals surface area contributed by atoms with Crippen molar-refractivity contribution in [1.29, 1.82) is 0 Å². The Kier molecular flexibility index (Phi) is 2530. The van der Waals surface area contributed by atoms with Crippen molar-refractivity contribution in [1.82, 2.24) is 0 Å². The Morgan fingerprint density at radius 2 is 0.316 bits per heavy atom. The van der Waals surface area contributed by atoms with E-state index in [1.54, 1.807) is 0 Å². The Balaban J connectivity index is -0.00000000596. The number of nitroso groups, excluding NO2 is 1. The zero-order valence-corrected chi connectivity index (χ0v) is 11.2. The Hall–Kier alpha value is -2.52. The molecule has 0 aliphatic rings. The molecule has 0 rings (SSSR count). The predicted octanol–water partition coefficient (Wildman–Crippen LogP) is -1.16. The van der Waals surface area contributed by atoms with Crippen LogP contribution in [0.5, 0.6) is 0 Å². The standard InChI is InChI=1S/8CH2O.Fe.NO/c8*1-2;;1-2/h8*1H2;;/q;;;;;;;;;-1. The first-order valence-corrected chi connectivity index (χ1v) is 2.49. The van der Waals surface area contributed by atoms with Crippen molar-refractivity contribution in [3.8, 4) is 0 Å². The van der Waals surface area contributed by atoms with Gasteiger partial charge in [-0.25, -0.2) is 0 Å². The van der Waals surface area contributed by atoms with Gasteiger partial charge in [-0.3, -0.25) is 0 Å². The molecule has 0 aromatic carbocycles. The SMILES string of the molecule is C=O.C=O.C=O.C=O.C=O.C=O.C=O.C=O.[Fe].[N-]=O. The second-order valence-corrected chi connectivity index (χ2v) is 0. The molecule has 11 heteroatoms. The maximum absolute atomic E-state index is 8.00. The van der Waals surface area contributed by atoms with Gasteiger partial charge in [-0.1, -0.05) is 0 Å². The van der Waals surface area contributed by atoms with Gasteiger partial charge < -0.3 is 48.9 Å². The summed E-state index contributed by atoms with van der Waals surface area (Å²) in [5.74, 6) is 0.